The van der Waals surface area contributed by atoms with Crippen LogP contribution < -0.4 is 5.32 Å². The largest absolute Gasteiger partial charge is 0.380 e. The molecule has 0 saturated heterocycles. The van der Waals surface area contributed by atoms with E-state index in [0.717, 1.165) is 22.6 Å². The average molecular weight is 273 g/mol. The lowest BCUT2D eigenvalue weighted by Gasteiger charge is -2.14. The lowest BCUT2D eigenvalue weighted by atomic mass is 10.3. The number of hydrogen-bond acceptors (Lipinski definition) is 3. The number of hydrogen-bond donors (Lipinski definition) is 1. The molecular formula is C11H17BrN2O. The number of aryl methyl sites for hydroxylation is 1. The normalized spacial score (nSPS) is 12.5. The zero-order valence-corrected chi connectivity index (χ0v) is 11.0. The third kappa shape index (κ3) is 4.18. The molecule has 84 valence electrons. The third-order valence-corrected chi connectivity index (χ3v) is 2.83. The van der Waals surface area contributed by atoms with Gasteiger partial charge in [-0.05, 0) is 48.8 Å². The fraction of sp³-hybridized carbons (Fsp3) is 0.545. The van der Waals surface area contributed by atoms with Gasteiger partial charge < -0.3 is 10.1 Å². The number of pyridine rings is 1. The number of aromatic nitrogens is 1. The lowest BCUT2D eigenvalue weighted by molar-refractivity contribution is 0.141. The minimum Gasteiger partial charge on any atom is -0.380 e. The van der Waals surface area contributed by atoms with Crippen LogP contribution in [0.1, 0.15) is 19.5 Å². The number of nitrogens with zero attached hydrogens (tertiary/aromatic N) is 1. The minimum absolute atomic E-state index is 0.276. The Hall–Kier alpha value is -0.610. The van der Waals surface area contributed by atoms with E-state index in [-0.39, 0.29) is 6.04 Å². The Morgan fingerprint density at radius 2 is 2.27 bits per heavy atom. The molecule has 15 heavy (non-hydrogen) atoms. The highest BCUT2D eigenvalue weighted by molar-refractivity contribution is 9.10. The highest BCUT2D eigenvalue weighted by atomic mass is 79.9. The van der Waals surface area contributed by atoms with Crippen LogP contribution in [0.15, 0.2) is 16.6 Å². The zero-order chi connectivity index (χ0) is 11.3. The number of anilines is 1. The van der Waals surface area contributed by atoms with Crippen LogP contribution >= 0.6 is 15.9 Å². The summed E-state index contributed by atoms with van der Waals surface area (Å²) in [5, 5.41) is 3.29. The maximum Gasteiger partial charge on any atom is 0.126 e. The van der Waals surface area contributed by atoms with E-state index in [4.69, 9.17) is 4.74 Å². The molecule has 1 aromatic rings. The van der Waals surface area contributed by atoms with E-state index in [1.165, 1.54) is 0 Å². The molecule has 1 rings (SSSR count). The Balaban J connectivity index is 2.53. The number of rotatable bonds is 5. The first-order valence-electron chi connectivity index (χ1n) is 5.11. The fourth-order valence-corrected chi connectivity index (χ4v) is 1.43. The van der Waals surface area contributed by atoms with Crippen molar-refractivity contribution in [2.24, 2.45) is 0 Å². The van der Waals surface area contributed by atoms with Gasteiger partial charge in [0, 0.05) is 17.1 Å². The summed E-state index contributed by atoms with van der Waals surface area (Å²) in [6, 6.07) is 4.23. The lowest BCUT2D eigenvalue weighted by Crippen LogP contribution is -2.22. The van der Waals surface area contributed by atoms with Crippen molar-refractivity contribution in [2.45, 2.75) is 26.8 Å². The Bertz CT molecular complexity index is 317. The van der Waals surface area contributed by atoms with Crippen LogP contribution in [0.4, 0.5) is 5.82 Å². The van der Waals surface area contributed by atoms with Gasteiger partial charge in [0.1, 0.15) is 5.82 Å². The van der Waals surface area contributed by atoms with E-state index >= 15 is 0 Å². The summed E-state index contributed by atoms with van der Waals surface area (Å²) in [6.45, 7) is 7.50. The van der Waals surface area contributed by atoms with Crippen molar-refractivity contribution >= 4 is 21.7 Å². The van der Waals surface area contributed by atoms with Gasteiger partial charge in [-0.15, -0.1) is 0 Å². The molecule has 3 nitrogen and oxygen atoms in total. The van der Waals surface area contributed by atoms with Crippen molar-refractivity contribution in [3.63, 3.8) is 0 Å². The standard InChI is InChI=1S/C11H17BrN2O/c1-4-15-7-8(2)13-11-6-5-10(12)9(3)14-11/h5-6,8H,4,7H2,1-3H3,(H,13,14). The SMILES string of the molecule is CCOCC(C)Nc1ccc(Br)c(C)n1. The summed E-state index contributed by atoms with van der Waals surface area (Å²) in [5.74, 6) is 0.892. The Morgan fingerprint density at radius 3 is 2.87 bits per heavy atom. The molecule has 1 aromatic heterocycles. The summed E-state index contributed by atoms with van der Waals surface area (Å²) in [4.78, 5) is 4.41. The molecule has 1 unspecified atom stereocenters. The van der Waals surface area contributed by atoms with E-state index in [1.54, 1.807) is 0 Å². The van der Waals surface area contributed by atoms with Crippen LogP contribution in [0.5, 0.6) is 0 Å². The highest BCUT2D eigenvalue weighted by Crippen LogP contribution is 2.16. The summed E-state index contributed by atoms with van der Waals surface area (Å²) >= 11 is 3.42. The van der Waals surface area contributed by atoms with Gasteiger partial charge in [0.15, 0.2) is 0 Å². The predicted molar refractivity (Wildman–Crippen MR) is 66.3 cm³/mol. The van der Waals surface area contributed by atoms with Gasteiger partial charge >= 0.3 is 0 Å². The molecular weight excluding hydrogens is 256 g/mol. The van der Waals surface area contributed by atoms with E-state index in [9.17, 15) is 0 Å². The second-order valence-electron chi connectivity index (χ2n) is 3.47. The first kappa shape index (κ1) is 12.5. The van der Waals surface area contributed by atoms with Crippen LogP contribution in [-0.2, 0) is 4.74 Å². The van der Waals surface area contributed by atoms with E-state index in [0.29, 0.717) is 6.61 Å². The molecule has 0 aromatic carbocycles. The molecule has 1 heterocycles. The number of nitrogens with one attached hydrogen (secondary N) is 1. The van der Waals surface area contributed by atoms with Crippen molar-refractivity contribution in [1.29, 1.82) is 0 Å². The van der Waals surface area contributed by atoms with Crippen molar-refractivity contribution in [2.75, 3.05) is 18.5 Å². The smallest absolute Gasteiger partial charge is 0.126 e. The van der Waals surface area contributed by atoms with Crippen molar-refractivity contribution in [3.05, 3.63) is 22.3 Å². The maximum atomic E-state index is 5.32. The molecule has 1 atom stereocenters. The van der Waals surface area contributed by atoms with Gasteiger partial charge in [-0.2, -0.15) is 0 Å². The maximum absolute atomic E-state index is 5.32. The molecule has 4 heteroatoms. The Labute approximate surface area is 99.4 Å². The van der Waals surface area contributed by atoms with Crippen molar-refractivity contribution < 1.29 is 4.74 Å². The monoisotopic (exact) mass is 272 g/mol. The summed E-state index contributed by atoms with van der Waals surface area (Å²) in [7, 11) is 0. The average Bonchev–Trinajstić information content (AvgIpc) is 2.20. The Kier molecular flexibility index (Phi) is 5.05. The first-order valence-corrected chi connectivity index (χ1v) is 5.90. The topological polar surface area (TPSA) is 34.1 Å². The predicted octanol–water partition coefficient (Wildman–Crippen LogP) is 2.99. The molecule has 0 radical (unpaired) electrons. The van der Waals surface area contributed by atoms with Crippen LogP contribution in [0.2, 0.25) is 0 Å². The van der Waals surface area contributed by atoms with Gasteiger partial charge in [0.2, 0.25) is 0 Å². The summed E-state index contributed by atoms with van der Waals surface area (Å²) < 4.78 is 6.35. The van der Waals surface area contributed by atoms with Gasteiger partial charge in [-0.25, -0.2) is 4.98 Å². The fourth-order valence-electron chi connectivity index (χ4n) is 1.21. The van der Waals surface area contributed by atoms with Crippen LogP contribution in [-0.4, -0.2) is 24.2 Å². The van der Waals surface area contributed by atoms with Gasteiger partial charge in [0.05, 0.1) is 12.3 Å². The second-order valence-corrected chi connectivity index (χ2v) is 4.32. The summed E-state index contributed by atoms with van der Waals surface area (Å²) in [5.41, 5.74) is 0.989. The molecule has 0 aliphatic heterocycles. The molecule has 1 N–H and O–H groups in total. The third-order valence-electron chi connectivity index (χ3n) is 1.99. The van der Waals surface area contributed by atoms with Crippen LogP contribution in [0.25, 0.3) is 0 Å². The Morgan fingerprint density at radius 1 is 1.53 bits per heavy atom. The minimum atomic E-state index is 0.276. The van der Waals surface area contributed by atoms with Gasteiger partial charge in [-0.1, -0.05) is 0 Å². The molecule has 0 bridgehead atoms. The van der Waals surface area contributed by atoms with Crippen LogP contribution in [0, 0.1) is 6.92 Å². The summed E-state index contributed by atoms with van der Waals surface area (Å²) in [6.07, 6.45) is 0. The van der Waals surface area contributed by atoms with Crippen LogP contribution in [0.3, 0.4) is 0 Å². The molecule has 0 saturated carbocycles. The van der Waals surface area contributed by atoms with Gasteiger partial charge in [0.25, 0.3) is 0 Å². The van der Waals surface area contributed by atoms with E-state index < -0.39 is 0 Å². The molecule has 0 fully saturated rings. The first-order chi connectivity index (χ1) is 7.13. The number of halogens is 1. The molecule has 0 amide bonds. The quantitative estimate of drug-likeness (QED) is 0.895. The van der Waals surface area contributed by atoms with Crippen molar-refractivity contribution in [3.8, 4) is 0 Å². The molecule has 0 aliphatic rings. The highest BCUT2D eigenvalue weighted by Gasteiger charge is 2.03. The molecule has 0 aliphatic carbocycles. The zero-order valence-electron chi connectivity index (χ0n) is 9.38. The van der Waals surface area contributed by atoms with E-state index in [2.05, 4.69) is 33.2 Å². The van der Waals surface area contributed by atoms with E-state index in [1.807, 2.05) is 26.0 Å². The van der Waals surface area contributed by atoms with Gasteiger partial charge in [-0.3, -0.25) is 0 Å². The van der Waals surface area contributed by atoms with Crippen molar-refractivity contribution in [1.82, 2.24) is 4.98 Å². The number of ether oxygens (including phenoxy) is 1. The second kappa shape index (κ2) is 6.08. The molecule has 0 spiro atoms.